The highest BCUT2D eigenvalue weighted by Crippen LogP contribution is 2.37. The number of hydrogen-bond acceptors (Lipinski definition) is 5. The maximum Gasteiger partial charge on any atom is 0.341 e. The number of ether oxygens (including phenoxy) is 2. The summed E-state index contributed by atoms with van der Waals surface area (Å²) in [6, 6.07) is 0. The average molecular weight is 357 g/mol. The van der Waals surface area contributed by atoms with Gasteiger partial charge in [-0.05, 0) is 43.5 Å². The first-order valence-electron chi connectivity index (χ1n) is 7.94. The van der Waals surface area contributed by atoms with Gasteiger partial charge in [-0.1, -0.05) is 12.8 Å². The molecule has 1 aromatic rings. The highest BCUT2D eigenvalue weighted by atomic mass is 32.1. The van der Waals surface area contributed by atoms with E-state index < -0.39 is 0 Å². The lowest BCUT2D eigenvalue weighted by Gasteiger charge is -2.12. The normalized spacial score (nSPS) is 14.3. The lowest BCUT2D eigenvalue weighted by molar-refractivity contribution is 0.0601. The summed E-state index contributed by atoms with van der Waals surface area (Å²) in [5.74, 6) is -0.287. The maximum atomic E-state index is 12.3. The van der Waals surface area contributed by atoms with Crippen LogP contribution in [0.2, 0.25) is 0 Å². The summed E-state index contributed by atoms with van der Waals surface area (Å²) in [5, 5.41) is 7.53. The summed E-state index contributed by atoms with van der Waals surface area (Å²) in [5.41, 5.74) is 1.80. The van der Waals surface area contributed by atoms with Gasteiger partial charge in [0.05, 0.1) is 19.3 Å². The van der Waals surface area contributed by atoms with E-state index in [1.807, 2.05) is 0 Å². The van der Waals surface area contributed by atoms with Crippen LogP contribution < -0.4 is 10.6 Å². The zero-order valence-corrected chi connectivity index (χ0v) is 15.3. The van der Waals surface area contributed by atoms with E-state index in [2.05, 4.69) is 10.6 Å². The third-order valence-corrected chi connectivity index (χ3v) is 5.33. The molecule has 23 heavy (non-hydrogen) atoms. The number of thiocarbonyl (C=S) groups is 1. The van der Waals surface area contributed by atoms with Gasteiger partial charge in [-0.15, -0.1) is 11.3 Å². The Bertz CT molecular complexity index is 558. The van der Waals surface area contributed by atoms with Crippen molar-refractivity contribution < 1.29 is 14.3 Å². The average Bonchev–Trinajstić information content (AvgIpc) is 2.83. The fourth-order valence-electron chi connectivity index (χ4n) is 2.74. The highest BCUT2D eigenvalue weighted by molar-refractivity contribution is 7.80. The van der Waals surface area contributed by atoms with Crippen LogP contribution in [0.15, 0.2) is 0 Å². The molecule has 0 radical (unpaired) electrons. The Hall–Kier alpha value is -1.18. The van der Waals surface area contributed by atoms with Crippen molar-refractivity contribution >= 4 is 39.6 Å². The van der Waals surface area contributed by atoms with Gasteiger partial charge in [0, 0.05) is 18.5 Å². The van der Waals surface area contributed by atoms with Crippen LogP contribution in [0.4, 0.5) is 5.00 Å². The van der Waals surface area contributed by atoms with Crippen molar-refractivity contribution in [1.82, 2.24) is 5.32 Å². The van der Waals surface area contributed by atoms with Crippen LogP contribution >= 0.6 is 23.6 Å². The molecule has 0 saturated heterocycles. The first-order chi connectivity index (χ1) is 11.2. The van der Waals surface area contributed by atoms with Crippen LogP contribution in [-0.2, 0) is 22.3 Å². The van der Waals surface area contributed by atoms with Crippen molar-refractivity contribution in [2.24, 2.45) is 0 Å². The topological polar surface area (TPSA) is 59.6 Å². The van der Waals surface area contributed by atoms with Gasteiger partial charge in [-0.2, -0.15) is 0 Å². The number of esters is 1. The van der Waals surface area contributed by atoms with Crippen LogP contribution in [0, 0.1) is 0 Å². The fraction of sp³-hybridized carbons (Fsp3) is 0.625. The van der Waals surface area contributed by atoms with Crippen LogP contribution in [0.5, 0.6) is 0 Å². The molecule has 2 rings (SSSR count). The lowest BCUT2D eigenvalue weighted by atomic mass is 9.96. The van der Waals surface area contributed by atoms with Crippen LogP contribution in [0.3, 0.4) is 0 Å². The smallest absolute Gasteiger partial charge is 0.341 e. The number of thiophene rings is 1. The van der Waals surface area contributed by atoms with Crippen molar-refractivity contribution in [3.8, 4) is 0 Å². The number of aryl methyl sites for hydroxylation is 1. The third kappa shape index (κ3) is 4.89. The number of carbonyl (C=O) groups is 1. The Morgan fingerprint density at radius 2 is 1.96 bits per heavy atom. The first kappa shape index (κ1) is 18.2. The van der Waals surface area contributed by atoms with Crippen molar-refractivity contribution in [1.29, 1.82) is 0 Å². The van der Waals surface area contributed by atoms with Gasteiger partial charge >= 0.3 is 5.97 Å². The second-order valence-electron chi connectivity index (χ2n) is 5.49. The molecule has 0 bridgehead atoms. The molecule has 7 heteroatoms. The molecule has 5 nitrogen and oxygen atoms in total. The molecule has 0 atom stereocenters. The van der Waals surface area contributed by atoms with E-state index in [9.17, 15) is 4.79 Å². The number of methoxy groups -OCH3 is 2. The minimum absolute atomic E-state index is 0.287. The number of hydrogen-bond donors (Lipinski definition) is 2. The zero-order valence-electron chi connectivity index (χ0n) is 13.7. The second-order valence-corrected chi connectivity index (χ2v) is 7.00. The molecule has 1 heterocycles. The molecular weight excluding hydrogens is 332 g/mol. The summed E-state index contributed by atoms with van der Waals surface area (Å²) in [6.07, 6.45) is 6.71. The van der Waals surface area contributed by atoms with Crippen LogP contribution in [0.1, 0.15) is 46.5 Å². The number of anilines is 1. The number of carbonyl (C=O) groups excluding carboxylic acids is 1. The van der Waals surface area contributed by atoms with Crippen molar-refractivity contribution in [2.45, 2.75) is 38.5 Å². The fourth-order valence-corrected chi connectivity index (χ4v) is 4.29. The Kier molecular flexibility index (Phi) is 7.26. The molecule has 1 aromatic heterocycles. The Morgan fingerprint density at radius 1 is 1.22 bits per heavy atom. The third-order valence-electron chi connectivity index (χ3n) is 3.88. The molecule has 0 spiro atoms. The maximum absolute atomic E-state index is 12.3. The number of nitrogens with one attached hydrogen (secondary N) is 2. The number of rotatable bonds is 5. The van der Waals surface area contributed by atoms with Crippen molar-refractivity contribution in [3.05, 3.63) is 16.0 Å². The molecule has 0 aliphatic heterocycles. The standard InChI is InChI=1S/C16H24N2O3S2/c1-20-10-9-17-16(22)18-14-13(15(19)21-2)11-7-5-3-4-6-8-12(11)23-14/h3-10H2,1-2H3,(H2,17,18,22). The quantitative estimate of drug-likeness (QED) is 0.480. The summed E-state index contributed by atoms with van der Waals surface area (Å²) in [6.45, 7) is 1.20. The van der Waals surface area contributed by atoms with E-state index in [1.165, 1.54) is 31.2 Å². The zero-order chi connectivity index (χ0) is 16.7. The predicted molar refractivity (Wildman–Crippen MR) is 97.6 cm³/mol. The van der Waals surface area contributed by atoms with Gasteiger partial charge in [-0.3, -0.25) is 0 Å². The van der Waals surface area contributed by atoms with Crippen LogP contribution in [0.25, 0.3) is 0 Å². The van der Waals surface area contributed by atoms with E-state index in [-0.39, 0.29) is 5.97 Å². The lowest BCUT2D eigenvalue weighted by Crippen LogP contribution is -2.31. The molecule has 1 aliphatic carbocycles. The summed E-state index contributed by atoms with van der Waals surface area (Å²) >= 11 is 6.93. The Labute approximate surface area is 146 Å². The minimum Gasteiger partial charge on any atom is -0.465 e. The van der Waals surface area contributed by atoms with E-state index in [0.717, 1.165) is 29.8 Å². The highest BCUT2D eigenvalue weighted by Gasteiger charge is 2.25. The van der Waals surface area contributed by atoms with Crippen molar-refractivity contribution in [2.75, 3.05) is 32.7 Å². The molecule has 0 unspecified atom stereocenters. The van der Waals surface area contributed by atoms with E-state index >= 15 is 0 Å². The molecule has 1 aliphatic rings. The first-order valence-corrected chi connectivity index (χ1v) is 9.16. The van der Waals surface area contributed by atoms with Crippen molar-refractivity contribution in [3.63, 3.8) is 0 Å². The Morgan fingerprint density at radius 3 is 2.65 bits per heavy atom. The van der Waals surface area contributed by atoms with Gasteiger partial charge in [-0.25, -0.2) is 4.79 Å². The van der Waals surface area contributed by atoms with Gasteiger partial charge in [0.2, 0.25) is 0 Å². The summed E-state index contributed by atoms with van der Waals surface area (Å²) < 4.78 is 9.99. The van der Waals surface area contributed by atoms with E-state index in [4.69, 9.17) is 21.7 Å². The molecule has 0 fully saturated rings. The van der Waals surface area contributed by atoms with Crippen LogP contribution in [-0.4, -0.2) is 38.5 Å². The molecule has 0 saturated carbocycles. The minimum atomic E-state index is -0.287. The number of fused-ring (bicyclic) bond motifs is 1. The summed E-state index contributed by atoms with van der Waals surface area (Å²) in [7, 11) is 3.07. The second kappa shape index (κ2) is 9.20. The monoisotopic (exact) mass is 356 g/mol. The molecule has 0 amide bonds. The van der Waals surface area contributed by atoms with Gasteiger partial charge < -0.3 is 20.1 Å². The van der Waals surface area contributed by atoms with Gasteiger partial charge in [0.1, 0.15) is 5.00 Å². The van der Waals surface area contributed by atoms with Gasteiger partial charge in [0.15, 0.2) is 5.11 Å². The van der Waals surface area contributed by atoms with Gasteiger partial charge in [0.25, 0.3) is 0 Å². The van der Waals surface area contributed by atoms with E-state index in [0.29, 0.717) is 23.8 Å². The largest absolute Gasteiger partial charge is 0.465 e. The SMILES string of the molecule is COCCNC(=S)Nc1sc2c(c1C(=O)OC)CCCCCC2. The summed E-state index contributed by atoms with van der Waals surface area (Å²) in [4.78, 5) is 13.6. The molecule has 128 valence electrons. The Balaban J connectivity index is 2.21. The van der Waals surface area contributed by atoms with E-state index in [1.54, 1.807) is 18.4 Å². The molecule has 0 aromatic carbocycles. The molecular formula is C16H24N2O3S2. The molecule has 2 N–H and O–H groups in total. The predicted octanol–water partition coefficient (Wildman–Crippen LogP) is 3.13.